The molecule has 106 valence electrons. The smallest absolute Gasteiger partial charge is 0.165 e. The zero-order valence-electron chi connectivity index (χ0n) is 11.3. The Morgan fingerprint density at radius 2 is 1.30 bits per heavy atom. The molecule has 0 aliphatic carbocycles. The van der Waals surface area contributed by atoms with Gasteiger partial charge in [0.1, 0.15) is 0 Å². The molecule has 2 rings (SSSR count). The average Bonchev–Trinajstić information content (AvgIpc) is 2.44. The number of benzene rings is 2. The Hall–Kier alpha value is -2.10. The van der Waals surface area contributed by atoms with E-state index in [0.29, 0.717) is 17.5 Å². The van der Waals surface area contributed by atoms with Gasteiger partial charge in [0.2, 0.25) is 0 Å². The van der Waals surface area contributed by atoms with E-state index in [4.69, 9.17) is 0 Å². The quantitative estimate of drug-likeness (QED) is 0.887. The highest BCUT2D eigenvalue weighted by Crippen LogP contribution is 2.37. The van der Waals surface area contributed by atoms with Crippen molar-refractivity contribution in [3.63, 3.8) is 0 Å². The van der Waals surface area contributed by atoms with E-state index in [2.05, 4.69) is 0 Å². The molecule has 2 aromatic rings. The minimum Gasteiger partial charge on any atom is -0.505 e. The lowest BCUT2D eigenvalue weighted by Gasteiger charge is -2.30. The molecule has 2 N–H and O–H groups in total. The van der Waals surface area contributed by atoms with Crippen LogP contribution in [0, 0.1) is 11.6 Å². The minimum absolute atomic E-state index is 0.413. The topological polar surface area (TPSA) is 40.5 Å². The maximum absolute atomic E-state index is 13.5. The van der Waals surface area contributed by atoms with Gasteiger partial charge >= 0.3 is 0 Å². The Morgan fingerprint density at radius 3 is 1.60 bits per heavy atom. The first kappa shape index (κ1) is 14.3. The monoisotopic (exact) mass is 278 g/mol. The summed E-state index contributed by atoms with van der Waals surface area (Å²) >= 11 is 0. The zero-order chi connectivity index (χ0) is 14.9. The van der Waals surface area contributed by atoms with E-state index >= 15 is 0 Å². The number of hydrogen-bond acceptors (Lipinski definition) is 2. The van der Waals surface area contributed by atoms with E-state index in [-0.39, 0.29) is 0 Å². The van der Waals surface area contributed by atoms with Crippen molar-refractivity contribution in [2.75, 3.05) is 0 Å². The van der Waals surface area contributed by atoms with Crippen LogP contribution in [0.15, 0.2) is 36.4 Å². The van der Waals surface area contributed by atoms with Crippen molar-refractivity contribution in [3.8, 4) is 11.5 Å². The van der Waals surface area contributed by atoms with Gasteiger partial charge in [-0.3, -0.25) is 0 Å². The number of aromatic hydroxyl groups is 2. The summed E-state index contributed by atoms with van der Waals surface area (Å²) in [6.45, 7) is 3.78. The van der Waals surface area contributed by atoms with Crippen molar-refractivity contribution >= 4 is 0 Å². The maximum Gasteiger partial charge on any atom is 0.165 e. The van der Waals surface area contributed by atoms with Crippen molar-refractivity contribution in [1.82, 2.24) is 0 Å². The molecule has 20 heavy (non-hydrogen) atoms. The molecule has 0 aromatic heterocycles. The molecule has 0 saturated carbocycles. The first-order valence-corrected chi connectivity index (χ1v) is 6.36. The molecule has 0 amide bonds. The number of halogens is 2. The summed E-state index contributed by atoms with van der Waals surface area (Å²) < 4.78 is 27.1. The second-order valence-electron chi connectivity index (χ2n) is 5.02. The van der Waals surface area contributed by atoms with Gasteiger partial charge in [0.25, 0.3) is 0 Å². The lowest BCUT2D eigenvalue weighted by molar-refractivity contribution is 0.426. The van der Waals surface area contributed by atoms with E-state index < -0.39 is 28.5 Å². The summed E-state index contributed by atoms with van der Waals surface area (Å²) in [5, 5.41) is 18.5. The van der Waals surface area contributed by atoms with Crippen LogP contribution in [0.4, 0.5) is 8.78 Å². The summed E-state index contributed by atoms with van der Waals surface area (Å²) in [7, 11) is 0. The van der Waals surface area contributed by atoms with Gasteiger partial charge in [0.05, 0.1) is 0 Å². The minimum atomic E-state index is -0.707. The van der Waals surface area contributed by atoms with E-state index in [1.807, 2.05) is 13.8 Å². The first-order valence-electron chi connectivity index (χ1n) is 6.36. The van der Waals surface area contributed by atoms with Crippen LogP contribution in [0.2, 0.25) is 0 Å². The van der Waals surface area contributed by atoms with E-state index in [9.17, 15) is 19.0 Å². The lowest BCUT2D eigenvalue weighted by Crippen LogP contribution is -2.23. The van der Waals surface area contributed by atoms with Crippen LogP contribution in [-0.2, 0) is 5.41 Å². The lowest BCUT2D eigenvalue weighted by atomic mass is 9.74. The predicted octanol–water partition coefficient (Wildman–Crippen LogP) is 4.09. The highest BCUT2D eigenvalue weighted by Gasteiger charge is 2.28. The third-order valence-electron chi connectivity index (χ3n) is 3.88. The number of phenolic OH excluding ortho intramolecular Hbond substituents is 2. The van der Waals surface area contributed by atoms with E-state index in [1.54, 1.807) is 12.1 Å². The van der Waals surface area contributed by atoms with Crippen LogP contribution < -0.4 is 0 Å². The Balaban J connectivity index is 2.57. The van der Waals surface area contributed by atoms with Crippen molar-refractivity contribution in [2.45, 2.75) is 25.7 Å². The summed E-state index contributed by atoms with van der Waals surface area (Å²) in [6.07, 6.45) is 0.613. The number of rotatable bonds is 3. The summed E-state index contributed by atoms with van der Waals surface area (Å²) in [5.41, 5.74) is 0.670. The molecule has 0 aliphatic rings. The van der Waals surface area contributed by atoms with Crippen LogP contribution in [0.3, 0.4) is 0 Å². The molecule has 2 nitrogen and oxygen atoms in total. The molecular formula is C16H16F2O2. The van der Waals surface area contributed by atoms with Crippen molar-refractivity contribution < 1.29 is 19.0 Å². The van der Waals surface area contributed by atoms with Crippen LogP contribution >= 0.6 is 0 Å². The molecule has 0 spiro atoms. The summed E-state index contributed by atoms with van der Waals surface area (Å²) in [5.74, 6) is -2.24. The van der Waals surface area contributed by atoms with Crippen molar-refractivity contribution in [1.29, 1.82) is 0 Å². The van der Waals surface area contributed by atoms with Crippen LogP contribution in [0.5, 0.6) is 11.5 Å². The van der Waals surface area contributed by atoms with Gasteiger partial charge in [-0.1, -0.05) is 26.0 Å². The van der Waals surface area contributed by atoms with Gasteiger partial charge in [-0.25, -0.2) is 8.78 Å². The Bertz CT molecular complexity index is 587. The fraction of sp³-hybridized carbons (Fsp3) is 0.250. The van der Waals surface area contributed by atoms with Gasteiger partial charge in [0, 0.05) is 5.41 Å². The number of phenols is 2. The molecule has 0 heterocycles. The fourth-order valence-electron chi connectivity index (χ4n) is 2.28. The highest BCUT2D eigenvalue weighted by molar-refractivity contribution is 5.43. The second kappa shape index (κ2) is 5.12. The van der Waals surface area contributed by atoms with Gasteiger partial charge in [0.15, 0.2) is 23.1 Å². The van der Waals surface area contributed by atoms with Crippen LogP contribution in [-0.4, -0.2) is 10.2 Å². The Labute approximate surface area is 116 Å². The van der Waals surface area contributed by atoms with E-state index in [0.717, 1.165) is 0 Å². The predicted molar refractivity (Wildman–Crippen MR) is 72.9 cm³/mol. The standard InChI is InChI=1S/C16H16F2O2/c1-3-16(2,10-4-6-14(19)12(17)8-10)11-5-7-15(20)13(18)9-11/h4-9,19-20H,3H2,1-2H3. The molecule has 0 bridgehead atoms. The molecule has 4 heteroatoms. The average molecular weight is 278 g/mol. The van der Waals surface area contributed by atoms with Gasteiger partial charge < -0.3 is 10.2 Å². The SMILES string of the molecule is CCC(C)(c1ccc(O)c(F)c1)c1ccc(O)c(F)c1. The Kier molecular flexibility index (Phi) is 3.66. The third-order valence-corrected chi connectivity index (χ3v) is 3.88. The molecule has 0 saturated heterocycles. The molecule has 0 unspecified atom stereocenters. The van der Waals surface area contributed by atoms with Gasteiger partial charge in [-0.2, -0.15) is 0 Å². The van der Waals surface area contributed by atoms with E-state index in [1.165, 1.54) is 24.3 Å². The van der Waals surface area contributed by atoms with Gasteiger partial charge in [-0.05, 0) is 41.8 Å². The van der Waals surface area contributed by atoms with Crippen molar-refractivity contribution in [3.05, 3.63) is 59.2 Å². The molecular weight excluding hydrogens is 262 g/mol. The molecule has 0 fully saturated rings. The van der Waals surface area contributed by atoms with Crippen LogP contribution in [0.25, 0.3) is 0 Å². The van der Waals surface area contributed by atoms with Crippen molar-refractivity contribution in [2.24, 2.45) is 0 Å². The normalized spacial score (nSPS) is 11.6. The number of hydrogen-bond donors (Lipinski definition) is 2. The highest BCUT2D eigenvalue weighted by atomic mass is 19.1. The zero-order valence-corrected chi connectivity index (χ0v) is 11.3. The first-order chi connectivity index (χ1) is 9.38. The third kappa shape index (κ3) is 2.33. The van der Waals surface area contributed by atoms with Crippen LogP contribution in [0.1, 0.15) is 31.4 Å². The van der Waals surface area contributed by atoms with Gasteiger partial charge in [-0.15, -0.1) is 0 Å². The summed E-state index contributed by atoms with van der Waals surface area (Å²) in [4.78, 5) is 0. The Morgan fingerprint density at radius 1 is 0.900 bits per heavy atom. The second-order valence-corrected chi connectivity index (χ2v) is 5.02. The summed E-state index contributed by atoms with van der Waals surface area (Å²) in [6, 6.07) is 8.32. The molecule has 0 aliphatic heterocycles. The molecule has 0 atom stereocenters. The molecule has 2 aromatic carbocycles. The fourth-order valence-corrected chi connectivity index (χ4v) is 2.28. The largest absolute Gasteiger partial charge is 0.505 e. The molecule has 0 radical (unpaired) electrons. The maximum atomic E-state index is 13.5.